The van der Waals surface area contributed by atoms with Crippen LogP contribution in [0.5, 0.6) is 0 Å². The summed E-state index contributed by atoms with van der Waals surface area (Å²) < 4.78 is 0. The van der Waals surface area contributed by atoms with Crippen LogP contribution in [0, 0.1) is 0 Å². The van der Waals surface area contributed by atoms with Gasteiger partial charge in [-0.2, -0.15) is 0 Å². The molecule has 0 radical (unpaired) electrons. The molecule has 1 aromatic heterocycles. The van der Waals surface area contributed by atoms with Gasteiger partial charge in [0.15, 0.2) is 0 Å². The fraction of sp³-hybridized carbons (Fsp3) is 0.0625. The first-order valence-corrected chi connectivity index (χ1v) is 23.2. The van der Waals surface area contributed by atoms with Crippen molar-refractivity contribution in [3.63, 3.8) is 0 Å². The standard InChI is InChI=1S/C64H44N2/c1-2-47-48(37-39-58(65-62(47)44-20-7-4-8-21-44)43-34-32-42(33-35-43)41-18-5-3-6-19-41)45-22-17-23-46(40-45)63-53-36-38-57-61(60(53)52-27-12-16-31-59(52)66-63)51-26-11-15-30-56(51)64(57)54-28-13-9-24-49(54)50-25-10-14-29-55(50)64/h3-38,40H,2,39H2,1H3. The van der Waals surface area contributed by atoms with E-state index in [1.807, 2.05) is 0 Å². The first kappa shape index (κ1) is 38.3. The van der Waals surface area contributed by atoms with E-state index in [-0.39, 0.29) is 0 Å². The van der Waals surface area contributed by atoms with E-state index in [1.54, 1.807) is 0 Å². The molecular weight excluding hydrogens is 797 g/mol. The molecule has 0 bridgehead atoms. The molecule has 0 amide bonds. The lowest BCUT2D eigenvalue weighted by Gasteiger charge is -2.30. The molecule has 66 heavy (non-hydrogen) atoms. The Balaban J connectivity index is 0.995. The average molecular weight is 841 g/mol. The Bertz CT molecular complexity index is 3640. The van der Waals surface area contributed by atoms with Crippen molar-refractivity contribution >= 4 is 38.7 Å². The summed E-state index contributed by atoms with van der Waals surface area (Å²) in [7, 11) is 0. The minimum atomic E-state index is -0.423. The van der Waals surface area contributed by atoms with Crippen molar-refractivity contribution in [1.82, 2.24) is 4.98 Å². The van der Waals surface area contributed by atoms with Gasteiger partial charge in [0.05, 0.1) is 28.0 Å². The van der Waals surface area contributed by atoms with Crippen LogP contribution in [0.3, 0.4) is 0 Å². The first-order valence-electron chi connectivity index (χ1n) is 23.2. The van der Waals surface area contributed by atoms with Gasteiger partial charge in [-0.15, -0.1) is 0 Å². The summed E-state index contributed by atoms with van der Waals surface area (Å²) in [5, 5.41) is 3.59. The molecule has 0 fully saturated rings. The normalized spacial score (nSPS) is 14.4. The zero-order valence-corrected chi connectivity index (χ0v) is 36.7. The van der Waals surface area contributed by atoms with E-state index < -0.39 is 5.41 Å². The topological polar surface area (TPSA) is 25.2 Å². The van der Waals surface area contributed by atoms with Crippen molar-refractivity contribution in [3.8, 4) is 44.6 Å². The summed E-state index contributed by atoms with van der Waals surface area (Å²) in [6, 6.07) is 80.0. The van der Waals surface area contributed by atoms with Crippen molar-refractivity contribution in [3.05, 3.63) is 269 Å². The number of aromatic nitrogens is 1. The minimum absolute atomic E-state index is 0.423. The monoisotopic (exact) mass is 840 g/mol. The maximum absolute atomic E-state index is 5.55. The van der Waals surface area contributed by atoms with Crippen LogP contribution in [-0.2, 0) is 5.41 Å². The van der Waals surface area contributed by atoms with E-state index in [0.29, 0.717) is 6.42 Å². The molecule has 0 unspecified atom stereocenters. The van der Waals surface area contributed by atoms with Crippen LogP contribution in [0.4, 0.5) is 0 Å². The van der Waals surface area contributed by atoms with E-state index in [1.165, 1.54) is 83.1 Å². The van der Waals surface area contributed by atoms with E-state index in [4.69, 9.17) is 9.98 Å². The molecule has 10 aromatic rings. The Hall–Kier alpha value is -8.20. The number of nitrogens with zero attached hydrogens (tertiary/aromatic N) is 2. The number of hydrogen-bond donors (Lipinski definition) is 0. The lowest BCUT2D eigenvalue weighted by molar-refractivity contribution is 0.794. The average Bonchev–Trinajstić information content (AvgIpc) is 3.77. The van der Waals surface area contributed by atoms with E-state index >= 15 is 0 Å². The molecule has 0 saturated carbocycles. The number of rotatable bonds is 6. The molecule has 2 aliphatic carbocycles. The highest BCUT2D eigenvalue weighted by molar-refractivity contribution is 6.20. The number of aliphatic imine (C=N–C) groups is 1. The summed E-state index contributed by atoms with van der Waals surface area (Å²) >= 11 is 0. The van der Waals surface area contributed by atoms with Gasteiger partial charge >= 0.3 is 0 Å². The molecule has 3 aliphatic rings. The molecule has 310 valence electrons. The molecule has 13 rings (SSSR count). The molecule has 1 aliphatic heterocycles. The third-order valence-corrected chi connectivity index (χ3v) is 14.4. The summed E-state index contributed by atoms with van der Waals surface area (Å²) in [4.78, 5) is 11.1. The van der Waals surface area contributed by atoms with Crippen LogP contribution >= 0.6 is 0 Å². The van der Waals surface area contributed by atoms with Crippen LogP contribution in [0.15, 0.2) is 235 Å². The van der Waals surface area contributed by atoms with Crippen LogP contribution in [0.2, 0.25) is 0 Å². The molecular formula is C64H44N2. The number of allylic oxidation sites excluding steroid dienone is 3. The smallest absolute Gasteiger partial charge is 0.0788 e. The Morgan fingerprint density at radius 1 is 0.439 bits per heavy atom. The number of fused-ring (bicyclic) bond motifs is 14. The Kier molecular flexibility index (Phi) is 8.83. The van der Waals surface area contributed by atoms with E-state index in [2.05, 4.69) is 231 Å². The first-order chi connectivity index (χ1) is 32.7. The van der Waals surface area contributed by atoms with Crippen molar-refractivity contribution in [1.29, 1.82) is 0 Å². The van der Waals surface area contributed by atoms with Gasteiger partial charge in [-0.05, 0) is 96.5 Å². The highest BCUT2D eigenvalue weighted by atomic mass is 14.8. The molecule has 2 nitrogen and oxygen atoms in total. The third kappa shape index (κ3) is 5.68. The van der Waals surface area contributed by atoms with Gasteiger partial charge in [-0.1, -0.05) is 219 Å². The van der Waals surface area contributed by atoms with Crippen LogP contribution in [-0.4, -0.2) is 10.7 Å². The number of pyridine rings is 1. The summed E-state index contributed by atoms with van der Waals surface area (Å²) in [5.41, 5.74) is 23.7. The van der Waals surface area contributed by atoms with Gasteiger partial charge in [0, 0.05) is 33.7 Å². The van der Waals surface area contributed by atoms with E-state index in [0.717, 1.165) is 51.1 Å². The lowest BCUT2D eigenvalue weighted by Crippen LogP contribution is -2.25. The molecule has 1 spiro atoms. The molecule has 0 atom stereocenters. The van der Waals surface area contributed by atoms with Crippen molar-refractivity contribution in [2.45, 2.75) is 25.2 Å². The third-order valence-electron chi connectivity index (χ3n) is 14.4. The zero-order valence-electron chi connectivity index (χ0n) is 36.7. The van der Waals surface area contributed by atoms with Crippen molar-refractivity contribution in [2.75, 3.05) is 0 Å². The Labute approximate surface area is 385 Å². The van der Waals surface area contributed by atoms with Gasteiger partial charge in [-0.25, -0.2) is 4.98 Å². The van der Waals surface area contributed by atoms with Gasteiger partial charge in [0.25, 0.3) is 0 Å². The molecule has 0 N–H and O–H groups in total. The zero-order chi connectivity index (χ0) is 43.8. The minimum Gasteiger partial charge on any atom is -0.252 e. The van der Waals surface area contributed by atoms with Crippen molar-refractivity contribution in [2.24, 2.45) is 4.99 Å². The summed E-state index contributed by atoms with van der Waals surface area (Å²) in [5.74, 6) is 0. The molecule has 0 saturated heterocycles. The summed E-state index contributed by atoms with van der Waals surface area (Å²) in [6.07, 6.45) is 3.95. The predicted molar refractivity (Wildman–Crippen MR) is 276 cm³/mol. The summed E-state index contributed by atoms with van der Waals surface area (Å²) in [6.45, 7) is 2.26. The molecule has 9 aromatic carbocycles. The van der Waals surface area contributed by atoms with E-state index in [9.17, 15) is 0 Å². The lowest BCUT2D eigenvalue weighted by atomic mass is 9.70. The van der Waals surface area contributed by atoms with Crippen molar-refractivity contribution < 1.29 is 0 Å². The molecule has 2 heterocycles. The number of benzene rings is 9. The molecule has 2 heteroatoms. The number of hydrogen-bond acceptors (Lipinski definition) is 2. The fourth-order valence-electron chi connectivity index (χ4n) is 11.5. The fourth-order valence-corrected chi connectivity index (χ4v) is 11.5. The maximum Gasteiger partial charge on any atom is 0.0788 e. The Morgan fingerprint density at radius 2 is 1.00 bits per heavy atom. The SMILES string of the molecule is CCC1=C(c2ccccc2)N=C(c2ccc(-c3ccccc3)cc2)CC=C1c1cccc(-c2nc3ccccc3c3c4c(ccc23)C2(c3ccccc3-c3ccccc32)c2ccccc2-4)c1. The quantitative estimate of drug-likeness (QED) is 0.153. The van der Waals surface area contributed by atoms with Gasteiger partial charge in [0.1, 0.15) is 0 Å². The van der Waals surface area contributed by atoms with Crippen LogP contribution < -0.4 is 0 Å². The van der Waals surface area contributed by atoms with Gasteiger partial charge < -0.3 is 0 Å². The number of para-hydroxylation sites is 1. The van der Waals surface area contributed by atoms with Crippen LogP contribution in [0.25, 0.3) is 77.6 Å². The van der Waals surface area contributed by atoms with Gasteiger partial charge in [-0.3, -0.25) is 4.99 Å². The Morgan fingerprint density at radius 3 is 1.71 bits per heavy atom. The second-order valence-electron chi connectivity index (χ2n) is 17.7. The predicted octanol–water partition coefficient (Wildman–Crippen LogP) is 16.2. The maximum atomic E-state index is 5.55. The van der Waals surface area contributed by atoms with Gasteiger partial charge in [0.2, 0.25) is 0 Å². The second-order valence-corrected chi connectivity index (χ2v) is 17.7. The highest BCUT2D eigenvalue weighted by Gasteiger charge is 2.52. The highest BCUT2D eigenvalue weighted by Crippen LogP contribution is 2.64. The largest absolute Gasteiger partial charge is 0.252 e. The van der Waals surface area contributed by atoms with Crippen LogP contribution in [0.1, 0.15) is 58.7 Å². The second kappa shape index (κ2) is 15.2.